The molecule has 0 bridgehead atoms. The van der Waals surface area contributed by atoms with E-state index in [4.69, 9.17) is 31.4 Å². The molecule has 254 valence electrons. The molecule has 0 atom stereocenters. The molecule has 1 aromatic heterocycles. The summed E-state index contributed by atoms with van der Waals surface area (Å²) in [5.74, 6) is 0.797. The number of methoxy groups -OCH3 is 1. The van der Waals surface area contributed by atoms with E-state index < -0.39 is 5.60 Å². The molecule has 47 heavy (non-hydrogen) atoms. The lowest BCUT2D eigenvalue weighted by Gasteiger charge is -2.35. The molecule has 1 aliphatic rings. The van der Waals surface area contributed by atoms with Crippen molar-refractivity contribution in [2.24, 2.45) is 5.73 Å². The van der Waals surface area contributed by atoms with E-state index in [2.05, 4.69) is 75.2 Å². The van der Waals surface area contributed by atoms with Crippen LogP contribution in [0, 0.1) is 0 Å². The number of halogens is 1. The van der Waals surface area contributed by atoms with E-state index in [0.717, 1.165) is 85.2 Å². The third kappa shape index (κ3) is 10.1. The number of amides is 1. The molecule has 1 amide bonds. The number of aromatic nitrogens is 1. The Morgan fingerprint density at radius 1 is 0.957 bits per heavy atom. The van der Waals surface area contributed by atoms with E-state index in [0.29, 0.717) is 13.1 Å². The van der Waals surface area contributed by atoms with Gasteiger partial charge in [-0.3, -0.25) is 9.80 Å². The summed E-state index contributed by atoms with van der Waals surface area (Å²) in [6.45, 7) is 13.1. The van der Waals surface area contributed by atoms with E-state index in [1.54, 1.807) is 7.11 Å². The SMILES string of the molecule is COc1ccc(-c2cn(CCCNC(=O)OC(C)(C)C)c3ccc(CN4CCN(Cc5ccccc5Cl)CC4)cc23)c(CN)c1.OS. The highest BCUT2D eigenvalue weighted by molar-refractivity contribution is 7.74. The molecule has 2 heterocycles. The number of nitrogens with two attached hydrogens (primary N) is 1. The van der Waals surface area contributed by atoms with E-state index >= 15 is 0 Å². The highest BCUT2D eigenvalue weighted by atomic mass is 35.5. The summed E-state index contributed by atoms with van der Waals surface area (Å²) in [7, 11) is 1.68. The average molecular weight is 682 g/mol. The van der Waals surface area contributed by atoms with Crippen molar-refractivity contribution < 1.29 is 18.8 Å². The number of ether oxygens (including phenoxy) is 2. The van der Waals surface area contributed by atoms with Gasteiger partial charge >= 0.3 is 6.09 Å². The molecule has 9 nitrogen and oxygen atoms in total. The van der Waals surface area contributed by atoms with Crippen LogP contribution in [0.1, 0.15) is 43.9 Å². The number of alkyl carbamates (subject to hydrolysis) is 1. The van der Waals surface area contributed by atoms with Crippen LogP contribution in [0.15, 0.2) is 66.9 Å². The Morgan fingerprint density at radius 2 is 1.66 bits per heavy atom. The van der Waals surface area contributed by atoms with Crippen molar-refractivity contribution in [3.63, 3.8) is 0 Å². The summed E-state index contributed by atoms with van der Waals surface area (Å²) in [6.07, 6.45) is 2.60. The fourth-order valence-corrected chi connectivity index (χ4v) is 6.15. The van der Waals surface area contributed by atoms with Crippen LogP contribution in [0.3, 0.4) is 0 Å². The summed E-state index contributed by atoms with van der Waals surface area (Å²) in [5, 5.41) is 4.92. The first-order valence-corrected chi connectivity index (χ1v) is 16.8. The molecule has 1 fully saturated rings. The smallest absolute Gasteiger partial charge is 0.407 e. The number of fused-ring (bicyclic) bond motifs is 1. The minimum atomic E-state index is -0.517. The second kappa shape index (κ2) is 17.2. The zero-order valence-electron chi connectivity index (χ0n) is 27.8. The van der Waals surface area contributed by atoms with Gasteiger partial charge in [0.25, 0.3) is 0 Å². The van der Waals surface area contributed by atoms with Crippen molar-refractivity contribution >= 4 is 41.5 Å². The minimum Gasteiger partial charge on any atom is -0.497 e. The monoisotopic (exact) mass is 681 g/mol. The number of carbonyl (C=O) groups excluding carboxylic acids is 1. The first kappa shape index (κ1) is 36.6. The molecule has 0 radical (unpaired) electrons. The predicted octanol–water partition coefficient (Wildman–Crippen LogP) is 7.05. The van der Waals surface area contributed by atoms with E-state index in [1.807, 2.05) is 45.0 Å². The van der Waals surface area contributed by atoms with Crippen molar-refractivity contribution in [1.29, 1.82) is 0 Å². The fourth-order valence-electron chi connectivity index (χ4n) is 5.96. The maximum Gasteiger partial charge on any atom is 0.407 e. The number of piperazine rings is 1. The normalized spacial score (nSPS) is 14.0. The van der Waals surface area contributed by atoms with Crippen LogP contribution >= 0.6 is 24.5 Å². The molecule has 5 rings (SSSR count). The van der Waals surface area contributed by atoms with Gasteiger partial charge in [0.15, 0.2) is 0 Å². The van der Waals surface area contributed by atoms with Crippen LogP contribution in [0.25, 0.3) is 22.0 Å². The van der Waals surface area contributed by atoms with Gasteiger partial charge in [0.05, 0.1) is 7.11 Å². The zero-order valence-corrected chi connectivity index (χ0v) is 29.5. The average Bonchev–Trinajstić information content (AvgIpc) is 3.42. The first-order valence-electron chi connectivity index (χ1n) is 16.0. The highest BCUT2D eigenvalue weighted by Crippen LogP contribution is 2.35. The Labute approximate surface area is 289 Å². The maximum absolute atomic E-state index is 12.1. The summed E-state index contributed by atoms with van der Waals surface area (Å²) in [5.41, 5.74) is 12.6. The topological polar surface area (TPSA) is 105 Å². The molecule has 0 aliphatic carbocycles. The molecular weight excluding hydrogens is 634 g/mol. The molecule has 0 saturated carbocycles. The number of benzene rings is 3. The van der Waals surface area contributed by atoms with Crippen LogP contribution in [-0.4, -0.2) is 70.4 Å². The number of rotatable bonds is 11. The van der Waals surface area contributed by atoms with Gasteiger partial charge in [-0.25, -0.2) is 4.79 Å². The number of aryl methyl sites for hydroxylation is 1. The van der Waals surface area contributed by atoms with Crippen LogP contribution in [0.4, 0.5) is 4.79 Å². The van der Waals surface area contributed by atoms with Crippen molar-refractivity contribution in [2.45, 2.75) is 59.0 Å². The Kier molecular flexibility index (Phi) is 13.4. The number of nitrogens with one attached hydrogen (secondary N) is 1. The Balaban J connectivity index is 0.00000245. The highest BCUT2D eigenvalue weighted by Gasteiger charge is 2.20. The zero-order chi connectivity index (χ0) is 34.0. The van der Waals surface area contributed by atoms with Crippen molar-refractivity contribution in [3.05, 3.63) is 88.6 Å². The number of nitrogens with zero attached hydrogens (tertiary/aromatic N) is 3. The van der Waals surface area contributed by atoms with Crippen LogP contribution in [0.5, 0.6) is 5.75 Å². The Hall–Kier alpha value is -3.25. The van der Waals surface area contributed by atoms with Gasteiger partial charge in [0, 0.05) is 86.6 Å². The summed E-state index contributed by atoms with van der Waals surface area (Å²) in [6, 6.07) is 21.1. The Morgan fingerprint density at radius 3 is 2.32 bits per heavy atom. The van der Waals surface area contributed by atoms with Crippen molar-refractivity contribution in [3.8, 4) is 16.9 Å². The van der Waals surface area contributed by atoms with E-state index in [1.165, 1.54) is 16.5 Å². The van der Waals surface area contributed by atoms with Crippen molar-refractivity contribution in [2.75, 3.05) is 39.8 Å². The molecule has 0 unspecified atom stereocenters. The van der Waals surface area contributed by atoms with E-state index in [-0.39, 0.29) is 6.09 Å². The van der Waals surface area contributed by atoms with Crippen LogP contribution in [0.2, 0.25) is 5.02 Å². The molecule has 1 saturated heterocycles. The van der Waals surface area contributed by atoms with Crippen LogP contribution in [-0.2, 0) is 30.9 Å². The summed E-state index contributed by atoms with van der Waals surface area (Å²) in [4.78, 5) is 17.1. The predicted molar refractivity (Wildman–Crippen MR) is 194 cm³/mol. The van der Waals surface area contributed by atoms with Gasteiger partial charge in [-0.1, -0.05) is 41.9 Å². The second-order valence-corrected chi connectivity index (χ2v) is 13.1. The van der Waals surface area contributed by atoms with E-state index in [9.17, 15) is 4.79 Å². The third-order valence-electron chi connectivity index (χ3n) is 8.23. The number of hydrogen-bond acceptors (Lipinski definition) is 8. The van der Waals surface area contributed by atoms with Crippen molar-refractivity contribution in [1.82, 2.24) is 19.7 Å². The van der Waals surface area contributed by atoms with Gasteiger partial charge in [-0.2, -0.15) is 0 Å². The molecular formula is C36H48ClN5O4S. The molecule has 1 aliphatic heterocycles. The van der Waals surface area contributed by atoms with Gasteiger partial charge in [-0.15, -0.1) is 0 Å². The standard InChI is InChI=1S/C36H46ClN5O3.H2OS/c1-36(2,3)45-35(43)39-14-7-15-42-25-32(30-12-11-29(44-4)21-28(30)22-38)31-20-26(10-13-34(31)42)23-40-16-18-41(19-17-40)24-27-8-5-6-9-33(27)37;1-2/h5-6,8-13,20-21,25H,7,14-19,22-24,38H2,1-4H3,(H,39,43);1-2H. The molecule has 0 spiro atoms. The number of hydrogen-bond donors (Lipinski definition) is 4. The van der Waals surface area contributed by atoms with Crippen LogP contribution < -0.4 is 15.8 Å². The lowest BCUT2D eigenvalue weighted by molar-refractivity contribution is 0.0526. The minimum absolute atomic E-state index is 0.388. The van der Waals surface area contributed by atoms with Gasteiger partial charge in [0.1, 0.15) is 11.4 Å². The van der Waals surface area contributed by atoms with Gasteiger partial charge in [-0.05, 0) is 92.7 Å². The van der Waals surface area contributed by atoms with Gasteiger partial charge < -0.3 is 29.6 Å². The largest absolute Gasteiger partial charge is 0.497 e. The van der Waals surface area contributed by atoms with Gasteiger partial charge in [0.2, 0.25) is 0 Å². The quantitative estimate of drug-likeness (QED) is 0.0764. The molecule has 3 aromatic carbocycles. The molecule has 4 aromatic rings. The number of carbonyl (C=O) groups is 1. The first-order chi connectivity index (χ1) is 22.6. The fraction of sp³-hybridized carbons (Fsp3) is 0.417. The summed E-state index contributed by atoms with van der Waals surface area (Å²) < 4.78 is 19.8. The maximum atomic E-state index is 12.1. The lowest BCUT2D eigenvalue weighted by atomic mass is 9.98. The number of thiol groups is 1. The second-order valence-electron chi connectivity index (χ2n) is 12.7. The lowest BCUT2D eigenvalue weighted by Crippen LogP contribution is -2.45. The molecule has 11 heteroatoms. The Bertz CT molecular complexity index is 1610. The molecule has 4 N–H and O–H groups in total. The summed E-state index contributed by atoms with van der Waals surface area (Å²) >= 11 is 8.94. The third-order valence-corrected chi connectivity index (χ3v) is 8.60.